The van der Waals surface area contributed by atoms with Gasteiger partial charge in [-0.25, -0.2) is 13.4 Å². The molecule has 2 aliphatic rings. The third-order valence-corrected chi connectivity index (χ3v) is 11.4. The Kier molecular flexibility index (Phi) is 7.22. The minimum atomic E-state index is -3.69. The van der Waals surface area contributed by atoms with Crippen molar-refractivity contribution >= 4 is 65.6 Å². The van der Waals surface area contributed by atoms with E-state index in [2.05, 4.69) is 26.0 Å². The van der Waals surface area contributed by atoms with Crippen LogP contribution in [0.1, 0.15) is 36.8 Å². The Bertz CT molecular complexity index is 1310. The maximum absolute atomic E-state index is 13.9. The number of carbonyl (C=O) groups excluding carboxylic acids is 1. The molecule has 2 fully saturated rings. The molecule has 2 saturated heterocycles. The summed E-state index contributed by atoms with van der Waals surface area (Å²) in [5.41, 5.74) is 3.22. The van der Waals surface area contributed by atoms with Crippen molar-refractivity contribution < 1.29 is 17.9 Å². The molecule has 4 heterocycles. The van der Waals surface area contributed by atoms with Crippen molar-refractivity contribution in [1.29, 1.82) is 0 Å². The topological polar surface area (TPSA) is 79.8 Å². The predicted molar refractivity (Wildman–Crippen MR) is 141 cm³/mol. The Hall–Kier alpha value is -1.56. The summed E-state index contributed by atoms with van der Waals surface area (Å²) in [5, 5.41) is 0.649. The molecule has 2 atom stereocenters. The molecule has 188 valence electrons. The van der Waals surface area contributed by atoms with E-state index in [1.165, 1.54) is 27.3 Å². The van der Waals surface area contributed by atoms with Crippen LogP contribution in [0.5, 0.6) is 0 Å². The first-order chi connectivity index (χ1) is 16.7. The van der Waals surface area contributed by atoms with Crippen LogP contribution in [0, 0.1) is 19.8 Å². The SMILES string of the molecule is Cc1cc2nc(N(CC3CCCO3)C(=O)C3CCCN(S(=O)(=O)c4ccc(Cl)s4)C3)sc2cc1C. The van der Waals surface area contributed by atoms with E-state index < -0.39 is 15.9 Å². The van der Waals surface area contributed by atoms with Gasteiger partial charge in [-0.05, 0) is 74.9 Å². The number of piperidine rings is 1. The highest BCUT2D eigenvalue weighted by molar-refractivity contribution is 7.91. The van der Waals surface area contributed by atoms with E-state index in [0.29, 0.717) is 42.0 Å². The summed E-state index contributed by atoms with van der Waals surface area (Å²) in [5.74, 6) is -0.525. The fourth-order valence-corrected chi connectivity index (χ4v) is 8.90. The van der Waals surface area contributed by atoms with Gasteiger partial charge >= 0.3 is 0 Å². The minimum absolute atomic E-state index is 0.0360. The molecule has 35 heavy (non-hydrogen) atoms. The summed E-state index contributed by atoms with van der Waals surface area (Å²) >= 11 is 8.53. The van der Waals surface area contributed by atoms with Gasteiger partial charge in [-0.15, -0.1) is 11.3 Å². The van der Waals surface area contributed by atoms with E-state index in [9.17, 15) is 13.2 Å². The minimum Gasteiger partial charge on any atom is -0.376 e. The first-order valence-electron chi connectivity index (χ1n) is 11.8. The Morgan fingerprint density at radius 2 is 2.00 bits per heavy atom. The number of amides is 1. The van der Waals surface area contributed by atoms with E-state index >= 15 is 0 Å². The number of halogens is 1. The lowest BCUT2D eigenvalue weighted by Crippen LogP contribution is -2.48. The van der Waals surface area contributed by atoms with Gasteiger partial charge in [0.2, 0.25) is 5.91 Å². The number of nitrogens with zero attached hydrogens (tertiary/aromatic N) is 3. The number of benzene rings is 1. The zero-order valence-electron chi connectivity index (χ0n) is 19.7. The van der Waals surface area contributed by atoms with Crippen LogP contribution in [0.2, 0.25) is 4.34 Å². The molecule has 5 rings (SSSR count). The summed E-state index contributed by atoms with van der Waals surface area (Å²) in [4.78, 5) is 20.5. The number of aryl methyl sites for hydroxylation is 2. The highest BCUT2D eigenvalue weighted by Gasteiger charge is 2.37. The maximum Gasteiger partial charge on any atom is 0.252 e. The maximum atomic E-state index is 13.9. The molecule has 1 aromatic carbocycles. The van der Waals surface area contributed by atoms with Gasteiger partial charge in [0.15, 0.2) is 5.13 Å². The zero-order chi connectivity index (χ0) is 24.7. The summed E-state index contributed by atoms with van der Waals surface area (Å²) in [6.07, 6.45) is 3.11. The molecule has 0 saturated carbocycles. The van der Waals surface area contributed by atoms with Crippen LogP contribution in [-0.4, -0.2) is 56.0 Å². The van der Waals surface area contributed by atoms with Crippen molar-refractivity contribution in [1.82, 2.24) is 9.29 Å². The van der Waals surface area contributed by atoms with Crippen molar-refractivity contribution in [3.8, 4) is 0 Å². The van der Waals surface area contributed by atoms with Crippen LogP contribution in [0.3, 0.4) is 0 Å². The van der Waals surface area contributed by atoms with E-state index in [1.54, 1.807) is 11.0 Å². The predicted octanol–water partition coefficient (Wildman–Crippen LogP) is 5.24. The van der Waals surface area contributed by atoms with E-state index in [-0.39, 0.29) is 22.8 Å². The second-order valence-electron chi connectivity index (χ2n) is 9.25. The Morgan fingerprint density at radius 3 is 2.71 bits per heavy atom. The number of aromatic nitrogens is 1. The fourth-order valence-electron chi connectivity index (χ4n) is 4.68. The van der Waals surface area contributed by atoms with Crippen molar-refractivity contribution in [2.75, 3.05) is 31.1 Å². The second-order valence-corrected chi connectivity index (χ2v) is 14.1. The molecule has 7 nitrogen and oxygen atoms in total. The van der Waals surface area contributed by atoms with Gasteiger partial charge in [-0.3, -0.25) is 9.69 Å². The van der Waals surface area contributed by atoms with Gasteiger partial charge in [0.1, 0.15) is 4.21 Å². The number of thiophene rings is 1. The summed E-state index contributed by atoms with van der Waals surface area (Å²) in [7, 11) is -3.69. The summed E-state index contributed by atoms with van der Waals surface area (Å²) in [6.45, 7) is 5.81. The summed E-state index contributed by atoms with van der Waals surface area (Å²) < 4.78 is 35.3. The van der Waals surface area contributed by atoms with Crippen LogP contribution in [0.15, 0.2) is 28.5 Å². The van der Waals surface area contributed by atoms with Gasteiger partial charge < -0.3 is 4.74 Å². The van der Waals surface area contributed by atoms with E-state index in [4.69, 9.17) is 21.3 Å². The average molecular weight is 554 g/mol. The second kappa shape index (κ2) is 10.1. The number of ether oxygens (including phenoxy) is 1. The normalized spacial score (nSPS) is 21.6. The molecule has 11 heteroatoms. The smallest absolute Gasteiger partial charge is 0.252 e. The number of anilines is 1. The molecule has 3 aromatic rings. The van der Waals surface area contributed by atoms with Gasteiger partial charge in [0, 0.05) is 19.7 Å². The largest absolute Gasteiger partial charge is 0.376 e. The van der Waals surface area contributed by atoms with Crippen LogP contribution < -0.4 is 4.90 Å². The number of hydrogen-bond donors (Lipinski definition) is 0. The third kappa shape index (κ3) is 5.14. The first-order valence-corrected chi connectivity index (χ1v) is 15.2. The number of carbonyl (C=O) groups is 1. The number of sulfonamides is 1. The van der Waals surface area contributed by atoms with E-state index in [1.807, 2.05) is 0 Å². The summed E-state index contributed by atoms with van der Waals surface area (Å²) in [6, 6.07) is 7.29. The third-order valence-electron chi connectivity index (χ3n) is 6.78. The molecule has 0 N–H and O–H groups in total. The number of fused-ring (bicyclic) bond motifs is 1. The Morgan fingerprint density at radius 1 is 1.20 bits per heavy atom. The van der Waals surface area contributed by atoms with Gasteiger partial charge in [0.25, 0.3) is 10.0 Å². The number of thiazole rings is 1. The zero-order valence-corrected chi connectivity index (χ0v) is 22.9. The molecular formula is C24H28ClN3O4S3. The molecule has 0 spiro atoms. The number of hydrogen-bond acceptors (Lipinski definition) is 7. The van der Waals surface area contributed by atoms with E-state index in [0.717, 1.165) is 40.0 Å². The molecular weight excluding hydrogens is 526 g/mol. The Labute approximate surface area is 218 Å². The molecule has 2 aromatic heterocycles. The Balaban J connectivity index is 1.43. The molecule has 0 aliphatic carbocycles. The molecule has 0 radical (unpaired) electrons. The van der Waals surface area contributed by atoms with Crippen molar-refractivity contribution in [2.24, 2.45) is 5.92 Å². The van der Waals surface area contributed by atoms with Gasteiger partial charge in [-0.2, -0.15) is 4.31 Å². The highest BCUT2D eigenvalue weighted by Crippen LogP contribution is 2.35. The van der Waals surface area contributed by atoms with Gasteiger partial charge in [0.05, 0.1) is 33.1 Å². The van der Waals surface area contributed by atoms with Crippen LogP contribution >= 0.6 is 34.3 Å². The fraction of sp³-hybridized carbons (Fsp3) is 0.500. The van der Waals surface area contributed by atoms with Gasteiger partial charge in [-0.1, -0.05) is 22.9 Å². The lowest BCUT2D eigenvalue weighted by atomic mass is 9.98. The lowest BCUT2D eigenvalue weighted by Gasteiger charge is -2.34. The van der Waals surface area contributed by atoms with Crippen LogP contribution in [-0.2, 0) is 19.6 Å². The van der Waals surface area contributed by atoms with Crippen molar-refractivity contribution in [3.63, 3.8) is 0 Å². The monoisotopic (exact) mass is 553 g/mol. The quantitative estimate of drug-likeness (QED) is 0.417. The first kappa shape index (κ1) is 25.1. The molecule has 2 aliphatic heterocycles. The lowest BCUT2D eigenvalue weighted by molar-refractivity contribution is -0.123. The van der Waals surface area contributed by atoms with Crippen molar-refractivity contribution in [2.45, 2.75) is 49.8 Å². The van der Waals surface area contributed by atoms with Crippen LogP contribution in [0.25, 0.3) is 10.2 Å². The number of rotatable bonds is 6. The van der Waals surface area contributed by atoms with Crippen LogP contribution in [0.4, 0.5) is 5.13 Å². The molecule has 2 unspecified atom stereocenters. The molecule has 0 bridgehead atoms. The standard InChI is InChI=1S/C24H28ClN3O4S3/c1-15-11-19-20(12-16(15)2)33-24(26-19)28(14-18-6-4-10-32-18)23(29)17-5-3-9-27(13-17)35(30,31)22-8-7-21(25)34-22/h7-8,11-12,17-18H,3-6,9-10,13-14H2,1-2H3. The molecule has 1 amide bonds. The highest BCUT2D eigenvalue weighted by atomic mass is 35.5. The van der Waals surface area contributed by atoms with Crippen molar-refractivity contribution in [3.05, 3.63) is 39.7 Å². The average Bonchev–Trinajstić information content (AvgIpc) is 3.59.